The van der Waals surface area contributed by atoms with E-state index in [9.17, 15) is 9.59 Å². The van der Waals surface area contributed by atoms with Gasteiger partial charge in [-0.05, 0) is 30.7 Å². The number of nitrogens with zero attached hydrogens (tertiary/aromatic N) is 5. The summed E-state index contributed by atoms with van der Waals surface area (Å²) in [5, 5.41) is 0.572. The lowest BCUT2D eigenvalue weighted by Gasteiger charge is -2.35. The molecule has 0 spiro atoms. The SMILES string of the molecule is CC(=O)N(CC(=O)N1CCN(c2ncccn2)CC1)c1ccc(C)c(Cl)c1. The predicted octanol–water partition coefficient (Wildman–Crippen LogP) is 2.14. The molecule has 27 heavy (non-hydrogen) atoms. The Labute approximate surface area is 163 Å². The van der Waals surface area contributed by atoms with E-state index in [0.717, 1.165) is 5.56 Å². The number of rotatable bonds is 4. The molecule has 3 rings (SSSR count). The first kappa shape index (κ1) is 19.1. The van der Waals surface area contributed by atoms with Crippen LogP contribution in [0.2, 0.25) is 5.02 Å². The zero-order valence-electron chi connectivity index (χ0n) is 15.4. The van der Waals surface area contributed by atoms with Crippen LogP contribution in [-0.2, 0) is 9.59 Å². The molecule has 1 aliphatic rings. The van der Waals surface area contributed by atoms with Crippen LogP contribution < -0.4 is 9.80 Å². The van der Waals surface area contributed by atoms with Crippen molar-refractivity contribution in [2.75, 3.05) is 42.5 Å². The molecule has 8 heteroatoms. The molecule has 142 valence electrons. The molecule has 7 nitrogen and oxygen atoms in total. The van der Waals surface area contributed by atoms with Crippen LogP contribution >= 0.6 is 11.6 Å². The van der Waals surface area contributed by atoms with E-state index in [1.165, 1.54) is 11.8 Å². The first-order valence-corrected chi connectivity index (χ1v) is 9.17. The number of anilines is 2. The van der Waals surface area contributed by atoms with Crippen LogP contribution in [0.1, 0.15) is 12.5 Å². The van der Waals surface area contributed by atoms with Gasteiger partial charge in [0.1, 0.15) is 6.54 Å². The monoisotopic (exact) mass is 387 g/mol. The first-order valence-electron chi connectivity index (χ1n) is 8.79. The number of hydrogen-bond donors (Lipinski definition) is 0. The number of hydrogen-bond acceptors (Lipinski definition) is 5. The molecule has 2 aromatic rings. The maximum absolute atomic E-state index is 12.7. The number of aromatic nitrogens is 2. The fourth-order valence-electron chi connectivity index (χ4n) is 2.98. The minimum absolute atomic E-state index is 0.00341. The summed E-state index contributed by atoms with van der Waals surface area (Å²) in [6.45, 7) is 5.79. The van der Waals surface area contributed by atoms with E-state index < -0.39 is 0 Å². The number of aryl methyl sites for hydroxylation is 1. The highest BCUT2D eigenvalue weighted by molar-refractivity contribution is 6.31. The van der Waals surface area contributed by atoms with Gasteiger partial charge in [-0.1, -0.05) is 17.7 Å². The Bertz CT molecular complexity index is 822. The Kier molecular flexibility index (Phi) is 5.91. The van der Waals surface area contributed by atoms with Crippen molar-refractivity contribution in [1.29, 1.82) is 0 Å². The Morgan fingerprint density at radius 1 is 1.15 bits per heavy atom. The lowest BCUT2D eigenvalue weighted by atomic mass is 10.2. The molecule has 2 heterocycles. The van der Waals surface area contributed by atoms with Crippen molar-refractivity contribution in [3.05, 3.63) is 47.2 Å². The normalized spacial score (nSPS) is 14.2. The van der Waals surface area contributed by atoms with Crippen LogP contribution in [0.25, 0.3) is 0 Å². The lowest BCUT2D eigenvalue weighted by Crippen LogP contribution is -2.52. The fraction of sp³-hybridized carbons (Fsp3) is 0.368. The second kappa shape index (κ2) is 8.35. The van der Waals surface area contributed by atoms with Gasteiger partial charge in [0, 0.05) is 56.2 Å². The molecule has 0 atom stereocenters. The van der Waals surface area contributed by atoms with Gasteiger partial charge in [0.2, 0.25) is 17.8 Å². The summed E-state index contributed by atoms with van der Waals surface area (Å²) in [5.41, 5.74) is 1.55. The smallest absolute Gasteiger partial charge is 0.242 e. The summed E-state index contributed by atoms with van der Waals surface area (Å²) in [6.07, 6.45) is 3.41. The number of amides is 2. The van der Waals surface area contributed by atoms with Crippen LogP contribution in [0.3, 0.4) is 0 Å². The Balaban J connectivity index is 1.63. The van der Waals surface area contributed by atoms with E-state index in [-0.39, 0.29) is 18.4 Å². The van der Waals surface area contributed by atoms with Crippen molar-refractivity contribution in [3.8, 4) is 0 Å². The summed E-state index contributed by atoms with van der Waals surface area (Å²) in [7, 11) is 0. The number of carbonyl (C=O) groups excluding carboxylic acids is 2. The van der Waals surface area contributed by atoms with Crippen molar-refractivity contribution in [3.63, 3.8) is 0 Å². The standard InChI is InChI=1S/C19H22ClN5O2/c1-14-4-5-16(12-17(14)20)25(15(2)26)13-18(27)23-8-10-24(11-9-23)19-21-6-3-7-22-19/h3-7,12H,8-11,13H2,1-2H3. The van der Waals surface area contributed by atoms with E-state index in [0.29, 0.717) is 42.8 Å². The average molecular weight is 388 g/mol. The Morgan fingerprint density at radius 3 is 2.41 bits per heavy atom. The van der Waals surface area contributed by atoms with Gasteiger partial charge in [-0.15, -0.1) is 0 Å². The predicted molar refractivity (Wildman–Crippen MR) is 105 cm³/mol. The largest absolute Gasteiger partial charge is 0.338 e. The van der Waals surface area contributed by atoms with Crippen LogP contribution in [-0.4, -0.2) is 59.4 Å². The fourth-order valence-corrected chi connectivity index (χ4v) is 3.15. The third-order valence-electron chi connectivity index (χ3n) is 4.61. The first-order chi connectivity index (χ1) is 13.0. The molecule has 1 aromatic heterocycles. The van der Waals surface area contributed by atoms with Crippen LogP contribution in [0.15, 0.2) is 36.7 Å². The molecule has 0 N–H and O–H groups in total. The molecule has 2 amide bonds. The van der Waals surface area contributed by atoms with Gasteiger partial charge in [-0.2, -0.15) is 0 Å². The highest BCUT2D eigenvalue weighted by Gasteiger charge is 2.25. The van der Waals surface area contributed by atoms with Crippen molar-refractivity contribution in [1.82, 2.24) is 14.9 Å². The zero-order chi connectivity index (χ0) is 19.4. The minimum atomic E-state index is -0.195. The van der Waals surface area contributed by atoms with Gasteiger partial charge in [0.25, 0.3) is 0 Å². The summed E-state index contributed by atoms with van der Waals surface area (Å²) in [5.74, 6) is 0.388. The molecule has 1 aromatic carbocycles. The van der Waals surface area contributed by atoms with Crippen LogP contribution in [0.5, 0.6) is 0 Å². The molecule has 0 saturated carbocycles. The van der Waals surface area contributed by atoms with Crippen molar-refractivity contribution >= 4 is 35.1 Å². The summed E-state index contributed by atoms with van der Waals surface area (Å²) in [4.78, 5) is 38.6. The summed E-state index contributed by atoms with van der Waals surface area (Å²) < 4.78 is 0. The summed E-state index contributed by atoms with van der Waals surface area (Å²) in [6, 6.07) is 7.14. The molecule has 1 saturated heterocycles. The number of carbonyl (C=O) groups is 2. The second-order valence-corrected chi connectivity index (χ2v) is 6.86. The van der Waals surface area contributed by atoms with Crippen molar-refractivity contribution in [2.45, 2.75) is 13.8 Å². The highest BCUT2D eigenvalue weighted by Crippen LogP contribution is 2.23. The quantitative estimate of drug-likeness (QED) is 0.803. The van der Waals surface area contributed by atoms with E-state index >= 15 is 0 Å². The maximum atomic E-state index is 12.7. The summed E-state index contributed by atoms with van der Waals surface area (Å²) >= 11 is 6.17. The Hall–Kier alpha value is -2.67. The molecular weight excluding hydrogens is 366 g/mol. The molecule has 0 unspecified atom stereocenters. The van der Waals surface area contributed by atoms with Gasteiger partial charge in [-0.25, -0.2) is 9.97 Å². The molecular formula is C19H22ClN5O2. The second-order valence-electron chi connectivity index (χ2n) is 6.46. The topological polar surface area (TPSA) is 69.6 Å². The third-order valence-corrected chi connectivity index (χ3v) is 5.02. The third kappa shape index (κ3) is 4.54. The molecule has 1 fully saturated rings. The van der Waals surface area contributed by atoms with Gasteiger partial charge in [0.15, 0.2) is 0 Å². The molecule has 1 aliphatic heterocycles. The van der Waals surface area contributed by atoms with Crippen LogP contribution in [0.4, 0.5) is 11.6 Å². The maximum Gasteiger partial charge on any atom is 0.242 e. The van der Waals surface area contributed by atoms with Gasteiger partial charge < -0.3 is 14.7 Å². The van der Waals surface area contributed by atoms with Crippen molar-refractivity contribution in [2.24, 2.45) is 0 Å². The molecule has 0 aliphatic carbocycles. The highest BCUT2D eigenvalue weighted by atomic mass is 35.5. The Morgan fingerprint density at radius 2 is 1.81 bits per heavy atom. The van der Waals surface area contributed by atoms with E-state index in [4.69, 9.17) is 11.6 Å². The van der Waals surface area contributed by atoms with E-state index in [2.05, 4.69) is 9.97 Å². The molecule has 0 radical (unpaired) electrons. The molecule has 0 bridgehead atoms. The van der Waals surface area contributed by atoms with Crippen molar-refractivity contribution < 1.29 is 9.59 Å². The zero-order valence-corrected chi connectivity index (χ0v) is 16.2. The van der Waals surface area contributed by atoms with Crippen LogP contribution in [0, 0.1) is 6.92 Å². The number of halogens is 1. The lowest BCUT2D eigenvalue weighted by molar-refractivity contribution is -0.131. The minimum Gasteiger partial charge on any atom is -0.338 e. The van der Waals surface area contributed by atoms with E-state index in [1.54, 1.807) is 35.5 Å². The average Bonchev–Trinajstić information content (AvgIpc) is 2.69. The van der Waals surface area contributed by atoms with Gasteiger partial charge >= 0.3 is 0 Å². The van der Waals surface area contributed by atoms with Gasteiger partial charge in [0.05, 0.1) is 0 Å². The number of piperazine rings is 1. The number of benzene rings is 1. The van der Waals surface area contributed by atoms with Gasteiger partial charge in [-0.3, -0.25) is 9.59 Å². The van der Waals surface area contributed by atoms with E-state index in [1.807, 2.05) is 17.9 Å².